The topological polar surface area (TPSA) is 71.0 Å². The third-order valence-electron chi connectivity index (χ3n) is 2.76. The van der Waals surface area contributed by atoms with Crippen LogP contribution in [-0.2, 0) is 4.74 Å². The van der Waals surface area contributed by atoms with Crippen molar-refractivity contribution in [2.75, 3.05) is 33.5 Å². The van der Waals surface area contributed by atoms with Crippen molar-refractivity contribution in [3.05, 3.63) is 30.1 Å². The third kappa shape index (κ3) is 6.29. The molecule has 6 heteroatoms. The Bertz CT molecular complexity index is 372. The third-order valence-corrected chi connectivity index (χ3v) is 2.76. The highest BCUT2D eigenvalue weighted by atomic mass is 19.1. The molecule has 1 aromatic rings. The van der Waals surface area contributed by atoms with Crippen LogP contribution in [0.3, 0.4) is 0 Å². The maximum atomic E-state index is 13.3. The molecule has 1 rings (SSSR count). The van der Waals surface area contributed by atoms with Crippen LogP contribution >= 0.6 is 0 Å². The van der Waals surface area contributed by atoms with Gasteiger partial charge in [-0.15, -0.1) is 0 Å². The van der Waals surface area contributed by atoms with E-state index < -0.39 is 11.9 Å². The van der Waals surface area contributed by atoms with E-state index >= 15 is 0 Å². The van der Waals surface area contributed by atoms with Gasteiger partial charge in [-0.25, -0.2) is 4.39 Å². The van der Waals surface area contributed by atoms with Crippen LogP contribution in [0, 0.1) is 5.82 Å². The summed E-state index contributed by atoms with van der Waals surface area (Å²) < 4.78 is 23.5. The van der Waals surface area contributed by atoms with Crippen LogP contribution in [-0.4, -0.2) is 55.8 Å². The first-order valence-corrected chi connectivity index (χ1v) is 6.56. The van der Waals surface area contributed by atoms with Gasteiger partial charge in [0.1, 0.15) is 12.7 Å². The highest BCUT2D eigenvalue weighted by Gasteiger charge is 2.12. The van der Waals surface area contributed by atoms with Gasteiger partial charge in [-0.1, -0.05) is 12.1 Å². The zero-order valence-electron chi connectivity index (χ0n) is 11.6. The van der Waals surface area contributed by atoms with Crippen molar-refractivity contribution in [3.8, 4) is 5.75 Å². The minimum absolute atomic E-state index is 0.00718. The largest absolute Gasteiger partial charge is 0.488 e. The predicted molar refractivity (Wildman–Crippen MR) is 73.3 cm³/mol. The van der Waals surface area contributed by atoms with Gasteiger partial charge in [-0.2, -0.15) is 0 Å². The van der Waals surface area contributed by atoms with Gasteiger partial charge in [0.25, 0.3) is 0 Å². The number of hydrogen-bond acceptors (Lipinski definition) is 5. The molecule has 0 aliphatic heterocycles. The Morgan fingerprint density at radius 3 is 2.70 bits per heavy atom. The number of hydrogen-bond donors (Lipinski definition) is 3. The lowest BCUT2D eigenvalue weighted by atomic mass is 10.2. The second-order valence-electron chi connectivity index (χ2n) is 4.47. The van der Waals surface area contributed by atoms with Crippen molar-refractivity contribution in [1.82, 2.24) is 5.32 Å². The van der Waals surface area contributed by atoms with Gasteiger partial charge in [0.15, 0.2) is 11.6 Å². The summed E-state index contributed by atoms with van der Waals surface area (Å²) in [6.45, 7) is 0.763. The molecule has 5 nitrogen and oxygen atoms in total. The SMILES string of the molecule is COCC(CCO)NCC(O)COc1ccccc1F. The summed E-state index contributed by atoms with van der Waals surface area (Å²) in [5, 5.41) is 21.7. The van der Waals surface area contributed by atoms with E-state index in [1.165, 1.54) is 12.1 Å². The van der Waals surface area contributed by atoms with E-state index in [1.807, 2.05) is 0 Å². The van der Waals surface area contributed by atoms with E-state index in [2.05, 4.69) is 5.32 Å². The zero-order valence-corrected chi connectivity index (χ0v) is 11.6. The van der Waals surface area contributed by atoms with Crippen molar-refractivity contribution in [2.45, 2.75) is 18.6 Å². The minimum Gasteiger partial charge on any atom is -0.488 e. The molecule has 0 heterocycles. The van der Waals surface area contributed by atoms with Crippen molar-refractivity contribution in [1.29, 1.82) is 0 Å². The van der Waals surface area contributed by atoms with Crippen LogP contribution in [0.4, 0.5) is 4.39 Å². The molecule has 0 aromatic heterocycles. The molecule has 2 atom stereocenters. The Labute approximate surface area is 118 Å². The van der Waals surface area contributed by atoms with E-state index in [4.69, 9.17) is 14.6 Å². The molecule has 114 valence electrons. The second kappa shape index (κ2) is 9.66. The summed E-state index contributed by atoms with van der Waals surface area (Å²) in [6.07, 6.45) is -0.234. The molecule has 0 radical (unpaired) electrons. The summed E-state index contributed by atoms with van der Waals surface area (Å²) in [5.41, 5.74) is 0. The first-order valence-electron chi connectivity index (χ1n) is 6.56. The van der Waals surface area contributed by atoms with E-state index in [0.29, 0.717) is 13.0 Å². The summed E-state index contributed by atoms with van der Waals surface area (Å²) in [7, 11) is 1.57. The number of aliphatic hydroxyl groups excluding tert-OH is 2. The van der Waals surface area contributed by atoms with Gasteiger partial charge in [-0.3, -0.25) is 0 Å². The lowest BCUT2D eigenvalue weighted by molar-refractivity contribution is 0.0903. The molecule has 2 unspecified atom stereocenters. The van der Waals surface area contributed by atoms with Crippen molar-refractivity contribution < 1.29 is 24.1 Å². The Balaban J connectivity index is 2.29. The summed E-state index contributed by atoms with van der Waals surface area (Å²) in [4.78, 5) is 0. The van der Waals surface area contributed by atoms with Gasteiger partial charge in [0.2, 0.25) is 0 Å². The average Bonchev–Trinajstić information content (AvgIpc) is 2.44. The molecule has 3 N–H and O–H groups in total. The normalized spacial score (nSPS) is 14.0. The summed E-state index contributed by atoms with van der Waals surface area (Å²) in [6, 6.07) is 6.02. The quantitative estimate of drug-likeness (QED) is 0.586. The summed E-state index contributed by atoms with van der Waals surface area (Å²) >= 11 is 0. The highest BCUT2D eigenvalue weighted by molar-refractivity contribution is 5.23. The second-order valence-corrected chi connectivity index (χ2v) is 4.47. The van der Waals surface area contributed by atoms with E-state index in [0.717, 1.165) is 0 Å². The monoisotopic (exact) mass is 287 g/mol. The molecular formula is C14H22FNO4. The molecule has 0 amide bonds. The van der Waals surface area contributed by atoms with Gasteiger partial charge in [0.05, 0.1) is 6.61 Å². The standard InChI is InChI=1S/C14H22FNO4/c1-19-9-11(6-7-17)16-8-12(18)10-20-14-5-3-2-4-13(14)15/h2-5,11-12,16-18H,6-10H2,1H3. The molecule has 0 saturated heterocycles. The maximum Gasteiger partial charge on any atom is 0.165 e. The van der Waals surface area contributed by atoms with Crippen LogP contribution in [0.25, 0.3) is 0 Å². The lowest BCUT2D eigenvalue weighted by Crippen LogP contribution is -2.40. The molecule has 1 aromatic carbocycles. The molecule has 20 heavy (non-hydrogen) atoms. The number of aliphatic hydroxyl groups is 2. The van der Waals surface area contributed by atoms with E-state index in [-0.39, 0.29) is 31.5 Å². The molecular weight excluding hydrogens is 265 g/mol. The first-order chi connectivity index (χ1) is 9.67. The number of methoxy groups -OCH3 is 1. The maximum absolute atomic E-state index is 13.3. The molecule has 0 bridgehead atoms. The smallest absolute Gasteiger partial charge is 0.165 e. The zero-order chi connectivity index (χ0) is 14.8. The Kier molecular flexibility index (Phi) is 8.13. The Morgan fingerprint density at radius 1 is 1.30 bits per heavy atom. The van der Waals surface area contributed by atoms with Crippen molar-refractivity contribution >= 4 is 0 Å². The van der Waals surface area contributed by atoms with Crippen LogP contribution in [0.2, 0.25) is 0 Å². The molecule has 0 fully saturated rings. The van der Waals surface area contributed by atoms with Crippen LogP contribution in [0.1, 0.15) is 6.42 Å². The molecule has 0 saturated carbocycles. The van der Waals surface area contributed by atoms with Gasteiger partial charge in [-0.05, 0) is 18.6 Å². The fourth-order valence-electron chi connectivity index (χ4n) is 1.71. The number of para-hydroxylation sites is 1. The molecule has 0 aliphatic rings. The number of benzene rings is 1. The minimum atomic E-state index is -0.771. The highest BCUT2D eigenvalue weighted by Crippen LogP contribution is 2.15. The van der Waals surface area contributed by atoms with Gasteiger partial charge in [0, 0.05) is 26.3 Å². The number of halogens is 1. The van der Waals surface area contributed by atoms with E-state index in [1.54, 1.807) is 19.2 Å². The number of rotatable bonds is 10. The van der Waals surface area contributed by atoms with Crippen LogP contribution in [0.5, 0.6) is 5.75 Å². The molecule has 0 spiro atoms. The first kappa shape index (κ1) is 16.8. The lowest BCUT2D eigenvalue weighted by Gasteiger charge is -2.19. The van der Waals surface area contributed by atoms with Crippen LogP contribution < -0.4 is 10.1 Å². The van der Waals surface area contributed by atoms with Crippen molar-refractivity contribution in [3.63, 3.8) is 0 Å². The van der Waals surface area contributed by atoms with Gasteiger partial charge >= 0.3 is 0 Å². The average molecular weight is 287 g/mol. The van der Waals surface area contributed by atoms with Crippen LogP contribution in [0.15, 0.2) is 24.3 Å². The number of ether oxygens (including phenoxy) is 2. The molecule has 0 aliphatic carbocycles. The Morgan fingerprint density at radius 2 is 2.05 bits per heavy atom. The summed E-state index contributed by atoms with van der Waals surface area (Å²) in [5.74, 6) is -0.333. The fraction of sp³-hybridized carbons (Fsp3) is 0.571. The number of nitrogens with one attached hydrogen (secondary N) is 1. The Hall–Kier alpha value is -1.21. The predicted octanol–water partition coefficient (Wildman–Crippen LogP) is 0.552. The van der Waals surface area contributed by atoms with Gasteiger partial charge < -0.3 is 25.0 Å². The fourth-order valence-corrected chi connectivity index (χ4v) is 1.71. The van der Waals surface area contributed by atoms with Crippen molar-refractivity contribution in [2.24, 2.45) is 0 Å². The van der Waals surface area contributed by atoms with E-state index in [9.17, 15) is 9.50 Å².